The predicted octanol–water partition coefficient (Wildman–Crippen LogP) is 3.03. The molecule has 3 aromatic heterocycles. The Labute approximate surface area is 279 Å². The molecule has 0 bridgehead atoms. The van der Waals surface area contributed by atoms with Crippen LogP contribution >= 0.6 is 0 Å². The first kappa shape index (κ1) is 31.8. The fourth-order valence-electron chi connectivity index (χ4n) is 6.76. The molecule has 13 heteroatoms. The number of nitrogens with zero attached hydrogens (tertiary/aromatic N) is 2. The summed E-state index contributed by atoms with van der Waals surface area (Å²) in [6.07, 6.45) is 1.07. The van der Waals surface area contributed by atoms with E-state index >= 15 is 0 Å². The number of nitrogens with one attached hydrogen (secondary N) is 2. The van der Waals surface area contributed by atoms with Crippen molar-refractivity contribution in [2.24, 2.45) is 5.73 Å². The second-order valence-electron chi connectivity index (χ2n) is 12.3. The van der Waals surface area contributed by atoms with Crippen molar-refractivity contribution in [1.29, 1.82) is 0 Å². The SMILES string of the molecule is CC[C@@]1(OC(=O)CC[C@H](NC(=O)[C@H](N)Cc2c[nH]c3ccccc23)C(=O)O)C(=O)OCc2c1cc1n(c2=O)Cc2cc3ccccc3nc2-1. The summed E-state index contributed by atoms with van der Waals surface area (Å²) < 4.78 is 12.8. The molecule has 0 saturated heterocycles. The van der Waals surface area contributed by atoms with Crippen molar-refractivity contribution >= 4 is 45.6 Å². The minimum absolute atomic E-state index is 0.0484. The van der Waals surface area contributed by atoms with Gasteiger partial charge in [-0.1, -0.05) is 43.3 Å². The fraction of sp³-hybridized carbons (Fsp3) is 0.278. The average molecular weight is 664 g/mol. The highest BCUT2D eigenvalue weighted by atomic mass is 16.6. The van der Waals surface area contributed by atoms with E-state index in [0.29, 0.717) is 11.4 Å². The van der Waals surface area contributed by atoms with Crippen molar-refractivity contribution in [1.82, 2.24) is 19.9 Å². The van der Waals surface area contributed by atoms with E-state index in [9.17, 15) is 29.1 Å². The summed E-state index contributed by atoms with van der Waals surface area (Å²) in [5, 5.41) is 14.1. The number of ether oxygens (including phenoxy) is 2. The Morgan fingerprint density at radius 3 is 2.71 bits per heavy atom. The third kappa shape index (κ3) is 5.51. The molecule has 1 amide bonds. The summed E-state index contributed by atoms with van der Waals surface area (Å²) in [7, 11) is 0. The maximum atomic E-state index is 13.8. The number of aromatic nitrogens is 3. The monoisotopic (exact) mass is 663 g/mol. The number of carbonyl (C=O) groups is 4. The predicted molar refractivity (Wildman–Crippen MR) is 177 cm³/mol. The summed E-state index contributed by atoms with van der Waals surface area (Å²) in [5.74, 6) is -3.80. The van der Waals surface area contributed by atoms with Crippen LogP contribution in [0.3, 0.4) is 0 Å². The summed E-state index contributed by atoms with van der Waals surface area (Å²) in [6.45, 7) is 1.63. The molecule has 13 nitrogen and oxygen atoms in total. The quantitative estimate of drug-likeness (QED) is 0.158. The van der Waals surface area contributed by atoms with Gasteiger partial charge in [-0.25, -0.2) is 14.6 Å². The Morgan fingerprint density at radius 1 is 1.14 bits per heavy atom. The van der Waals surface area contributed by atoms with Gasteiger partial charge in [0, 0.05) is 40.0 Å². The second-order valence-corrected chi connectivity index (χ2v) is 12.3. The number of H-pyrrole nitrogens is 1. The highest BCUT2D eigenvalue weighted by molar-refractivity contribution is 5.90. The lowest BCUT2D eigenvalue weighted by Gasteiger charge is -2.35. The molecule has 250 valence electrons. The van der Waals surface area contributed by atoms with Crippen molar-refractivity contribution < 1.29 is 33.8 Å². The maximum absolute atomic E-state index is 13.8. The van der Waals surface area contributed by atoms with E-state index in [1.54, 1.807) is 23.8 Å². The summed E-state index contributed by atoms with van der Waals surface area (Å²) >= 11 is 0. The Hall–Kier alpha value is -5.82. The number of hydrogen-bond donors (Lipinski definition) is 4. The number of aliphatic carboxylic acids is 1. The van der Waals surface area contributed by atoms with Gasteiger partial charge in [-0.05, 0) is 49.1 Å². The lowest BCUT2D eigenvalue weighted by Crippen LogP contribution is -2.50. The van der Waals surface area contributed by atoms with E-state index < -0.39 is 47.9 Å². The van der Waals surface area contributed by atoms with Gasteiger partial charge in [0.15, 0.2) is 0 Å². The highest BCUT2D eigenvalue weighted by Gasteiger charge is 2.50. The molecule has 5 aromatic rings. The number of rotatable bonds is 10. The second kappa shape index (κ2) is 12.3. The number of pyridine rings is 2. The number of carbonyl (C=O) groups excluding carboxylic acids is 3. The zero-order valence-electron chi connectivity index (χ0n) is 26.5. The minimum atomic E-state index is -1.94. The van der Waals surface area contributed by atoms with Crippen molar-refractivity contribution in [3.05, 3.63) is 99.5 Å². The van der Waals surface area contributed by atoms with Crippen LogP contribution in [0.4, 0.5) is 0 Å². The van der Waals surface area contributed by atoms with Crippen LogP contribution in [0.5, 0.6) is 0 Å². The number of para-hydroxylation sites is 2. The average Bonchev–Trinajstić information content (AvgIpc) is 3.67. The highest BCUT2D eigenvalue weighted by Crippen LogP contribution is 2.41. The molecule has 0 saturated carbocycles. The number of fused-ring (bicyclic) bond motifs is 6. The third-order valence-electron chi connectivity index (χ3n) is 9.38. The number of carboxylic acid groups (broad SMARTS) is 1. The van der Waals surface area contributed by atoms with Crippen LogP contribution in [-0.4, -0.2) is 55.5 Å². The topological polar surface area (TPSA) is 196 Å². The third-order valence-corrected chi connectivity index (χ3v) is 9.38. The first-order valence-corrected chi connectivity index (χ1v) is 16.0. The van der Waals surface area contributed by atoms with Crippen LogP contribution in [0.15, 0.2) is 71.7 Å². The molecule has 2 aromatic carbocycles. The lowest BCUT2D eigenvalue weighted by atomic mass is 9.85. The Balaban J connectivity index is 1.09. The van der Waals surface area contributed by atoms with Crippen LogP contribution in [0.1, 0.15) is 48.4 Å². The minimum Gasteiger partial charge on any atom is -0.480 e. The molecular weight excluding hydrogens is 630 g/mol. The van der Waals surface area contributed by atoms with Crippen molar-refractivity contribution in [3.8, 4) is 11.4 Å². The van der Waals surface area contributed by atoms with Crippen molar-refractivity contribution in [2.45, 2.75) is 63.4 Å². The zero-order valence-corrected chi connectivity index (χ0v) is 26.5. The van der Waals surface area contributed by atoms with Gasteiger partial charge in [-0.3, -0.25) is 14.4 Å². The number of cyclic esters (lactones) is 1. The molecule has 2 aliphatic rings. The molecule has 5 N–H and O–H groups in total. The largest absolute Gasteiger partial charge is 0.480 e. The number of carboxylic acids is 1. The fourth-order valence-corrected chi connectivity index (χ4v) is 6.76. The number of hydrogen-bond acceptors (Lipinski definition) is 9. The number of benzene rings is 2. The van der Waals surface area contributed by atoms with Gasteiger partial charge in [-0.2, -0.15) is 0 Å². The van der Waals surface area contributed by atoms with Crippen molar-refractivity contribution in [3.63, 3.8) is 0 Å². The van der Waals surface area contributed by atoms with Gasteiger partial charge >= 0.3 is 17.9 Å². The lowest BCUT2D eigenvalue weighted by molar-refractivity contribution is -0.189. The molecule has 5 heterocycles. The van der Waals surface area contributed by atoms with E-state index in [4.69, 9.17) is 20.2 Å². The van der Waals surface area contributed by atoms with Gasteiger partial charge in [-0.15, -0.1) is 0 Å². The first-order valence-electron chi connectivity index (χ1n) is 16.0. The normalized spacial score (nSPS) is 17.5. The number of esters is 2. The number of nitrogens with two attached hydrogens (primary N) is 1. The zero-order chi connectivity index (χ0) is 34.4. The van der Waals surface area contributed by atoms with Gasteiger partial charge in [0.25, 0.3) is 5.56 Å². The summed E-state index contributed by atoms with van der Waals surface area (Å²) in [6, 6.07) is 16.2. The van der Waals surface area contributed by atoms with E-state index in [-0.39, 0.29) is 49.1 Å². The molecule has 0 unspecified atom stereocenters. The van der Waals surface area contributed by atoms with Crippen LogP contribution in [0, 0.1) is 0 Å². The molecule has 0 aliphatic carbocycles. The van der Waals surface area contributed by atoms with Crippen LogP contribution < -0.4 is 16.6 Å². The molecule has 0 radical (unpaired) electrons. The van der Waals surface area contributed by atoms with Crippen LogP contribution in [0.2, 0.25) is 0 Å². The van der Waals surface area contributed by atoms with Gasteiger partial charge in [0.1, 0.15) is 12.6 Å². The molecule has 7 rings (SSSR count). The number of aromatic amines is 1. The standard InChI is InChI=1S/C36H33N5O8/c1-2-36(49-30(42)12-11-28(34(45)46)40-32(43)25(37)14-20-16-38-27-10-6-4-8-22(20)27)24-15-29-31-21(13-19-7-3-5-9-26(19)39-31)17-41(29)33(44)23(24)18-48-35(36)47/h3-10,13,15-16,25,28,38H,2,11-12,14,17-18,37H2,1H3,(H,40,43)(H,45,46)/t25-,28+,36+/m1/s1. The number of amides is 1. The molecule has 0 spiro atoms. The molecular formula is C36H33N5O8. The Kier molecular flexibility index (Phi) is 7.99. The van der Waals surface area contributed by atoms with Gasteiger partial charge in [0.05, 0.1) is 35.1 Å². The van der Waals surface area contributed by atoms with Gasteiger partial charge in [0.2, 0.25) is 11.5 Å². The van der Waals surface area contributed by atoms with Crippen molar-refractivity contribution in [2.75, 3.05) is 0 Å². The van der Waals surface area contributed by atoms with E-state index in [1.807, 2.05) is 54.6 Å². The molecule has 2 aliphatic heterocycles. The Bertz CT molecular complexity index is 2240. The molecule has 49 heavy (non-hydrogen) atoms. The van der Waals surface area contributed by atoms with Gasteiger partial charge < -0.3 is 35.2 Å². The Morgan fingerprint density at radius 2 is 1.92 bits per heavy atom. The first-order chi connectivity index (χ1) is 23.6. The summed E-state index contributed by atoms with van der Waals surface area (Å²) in [4.78, 5) is 73.4. The maximum Gasteiger partial charge on any atom is 0.355 e. The summed E-state index contributed by atoms with van der Waals surface area (Å²) in [5.41, 5.74) is 8.57. The van der Waals surface area contributed by atoms with Crippen LogP contribution in [-0.2, 0) is 53.8 Å². The smallest absolute Gasteiger partial charge is 0.355 e. The van der Waals surface area contributed by atoms with E-state index in [1.165, 1.54) is 0 Å². The van der Waals surface area contributed by atoms with Crippen LogP contribution in [0.25, 0.3) is 33.2 Å². The van der Waals surface area contributed by atoms with E-state index in [2.05, 4.69) is 10.3 Å². The van der Waals surface area contributed by atoms with E-state index in [0.717, 1.165) is 32.9 Å². The molecule has 3 atom stereocenters. The molecule has 0 fully saturated rings.